The average molecular weight is 455 g/mol. The number of fused-ring (bicyclic) bond motifs is 4. The predicted octanol–water partition coefficient (Wildman–Crippen LogP) is 10.8. The molecule has 0 heterocycles. The van der Waals surface area contributed by atoms with E-state index >= 15 is 0 Å². The summed E-state index contributed by atoms with van der Waals surface area (Å²) in [6.45, 7) is 26.9. The minimum absolute atomic E-state index is 0.456. The van der Waals surface area contributed by atoms with Crippen LogP contribution >= 0.6 is 0 Å². The maximum atomic E-state index is 2.72. The molecule has 0 heteroatoms. The maximum Gasteiger partial charge on any atom is -0.00568 e. The number of allylic oxidation sites excluding steroid dienone is 4. The van der Waals surface area contributed by atoms with Crippen molar-refractivity contribution >= 4 is 0 Å². The normalized spacial score (nSPS) is 42.3. The molecule has 0 radical (unpaired) electrons. The molecule has 0 aromatic heterocycles. The zero-order valence-corrected chi connectivity index (χ0v) is 24.5. The Kier molecular flexibility index (Phi) is 7.80. The van der Waals surface area contributed by atoms with Crippen molar-refractivity contribution in [2.24, 2.45) is 45.3 Å². The Labute approximate surface area is 208 Å². The van der Waals surface area contributed by atoms with Crippen LogP contribution in [0.4, 0.5) is 0 Å². The van der Waals surface area contributed by atoms with Crippen molar-refractivity contribution in [3.05, 3.63) is 22.8 Å². The second-order valence-electron chi connectivity index (χ2n) is 14.0. The third-order valence-electron chi connectivity index (χ3n) is 12.2. The van der Waals surface area contributed by atoms with Crippen LogP contribution in [0.2, 0.25) is 0 Å². The molecule has 4 rings (SSSR count). The second kappa shape index (κ2) is 9.50. The van der Waals surface area contributed by atoms with Gasteiger partial charge in [-0.15, -0.1) is 0 Å². The molecule has 0 nitrogen and oxygen atoms in total. The van der Waals surface area contributed by atoms with Gasteiger partial charge in [-0.25, -0.2) is 0 Å². The monoisotopic (exact) mass is 454 g/mol. The summed E-state index contributed by atoms with van der Waals surface area (Å²) in [4.78, 5) is 0. The van der Waals surface area contributed by atoms with E-state index in [9.17, 15) is 0 Å². The molecule has 2 fully saturated rings. The van der Waals surface area contributed by atoms with Gasteiger partial charge in [0, 0.05) is 0 Å². The Hall–Kier alpha value is -0.520. The van der Waals surface area contributed by atoms with Crippen molar-refractivity contribution in [2.45, 2.75) is 140 Å². The lowest BCUT2D eigenvalue weighted by Crippen LogP contribution is -2.53. The lowest BCUT2D eigenvalue weighted by atomic mass is 9.42. The minimum Gasteiger partial charge on any atom is -0.0859 e. The van der Waals surface area contributed by atoms with E-state index in [-0.39, 0.29) is 0 Å². The van der Waals surface area contributed by atoms with Gasteiger partial charge < -0.3 is 0 Å². The molecule has 7 atom stereocenters. The number of hydrogen-bond acceptors (Lipinski definition) is 0. The fourth-order valence-electron chi connectivity index (χ4n) is 9.66. The van der Waals surface area contributed by atoms with Gasteiger partial charge in [0.25, 0.3) is 0 Å². The van der Waals surface area contributed by atoms with Gasteiger partial charge in [-0.3, -0.25) is 0 Å². The van der Waals surface area contributed by atoms with Crippen LogP contribution in [-0.4, -0.2) is 0 Å². The van der Waals surface area contributed by atoms with E-state index in [1.807, 2.05) is 25.0 Å². The van der Waals surface area contributed by atoms with Crippen molar-refractivity contribution in [3.63, 3.8) is 0 Å². The number of hydrogen-bond donors (Lipinski definition) is 0. The van der Waals surface area contributed by atoms with Gasteiger partial charge in [0.2, 0.25) is 0 Å². The van der Waals surface area contributed by atoms with Gasteiger partial charge >= 0.3 is 0 Å². The largest absolute Gasteiger partial charge is 0.0859 e. The molecule has 0 saturated heterocycles. The predicted molar refractivity (Wildman–Crippen MR) is 147 cm³/mol. The molecule has 4 aliphatic carbocycles. The van der Waals surface area contributed by atoms with E-state index in [2.05, 4.69) is 68.4 Å². The van der Waals surface area contributed by atoms with E-state index in [1.165, 1.54) is 69.8 Å². The van der Waals surface area contributed by atoms with Gasteiger partial charge in [0.1, 0.15) is 0 Å². The first-order valence-corrected chi connectivity index (χ1v) is 14.7. The van der Waals surface area contributed by atoms with Crippen LogP contribution in [0.5, 0.6) is 0 Å². The molecule has 0 amide bonds. The summed E-state index contributed by atoms with van der Waals surface area (Å²) in [5, 5.41) is 0. The van der Waals surface area contributed by atoms with Crippen LogP contribution in [0.1, 0.15) is 140 Å². The fourth-order valence-corrected chi connectivity index (χ4v) is 9.66. The second-order valence-corrected chi connectivity index (χ2v) is 14.0. The smallest absolute Gasteiger partial charge is 0.00568 e. The summed E-state index contributed by atoms with van der Waals surface area (Å²) in [5.41, 5.74) is 7.34. The minimum atomic E-state index is 0.456. The lowest BCUT2D eigenvalue weighted by Gasteiger charge is -2.62. The highest BCUT2D eigenvalue weighted by molar-refractivity contribution is 5.38. The van der Waals surface area contributed by atoms with E-state index < -0.39 is 0 Å². The zero-order chi connectivity index (χ0) is 24.8. The highest BCUT2D eigenvalue weighted by Gasteiger charge is 2.62. The molecule has 190 valence electrons. The summed E-state index contributed by atoms with van der Waals surface area (Å²) in [5.74, 6) is 3.52. The molecule has 0 aliphatic heterocycles. The zero-order valence-electron chi connectivity index (χ0n) is 24.5. The van der Waals surface area contributed by atoms with Crippen molar-refractivity contribution < 1.29 is 0 Å². The number of rotatable bonds is 4. The van der Waals surface area contributed by atoms with Crippen LogP contribution in [0.3, 0.4) is 0 Å². The Morgan fingerprint density at radius 3 is 2.21 bits per heavy atom. The Bertz CT molecular complexity index is 761. The summed E-state index contributed by atoms with van der Waals surface area (Å²) in [6.07, 6.45) is 16.6. The van der Waals surface area contributed by atoms with Gasteiger partial charge in [-0.05, 0) is 123 Å². The molecular weight excluding hydrogens is 396 g/mol. The van der Waals surface area contributed by atoms with Crippen LogP contribution < -0.4 is 0 Å². The quantitative estimate of drug-likeness (QED) is 0.370. The average Bonchev–Trinajstić information content (AvgIpc) is 3.04. The SMILES string of the molecule is CC.CC(C)=CCCC(C)C1CCC2(C)C3=C(CCC12C)C1(C)CCC(C)C(C)(C)C1CC3. The summed E-state index contributed by atoms with van der Waals surface area (Å²) in [6, 6.07) is 0. The van der Waals surface area contributed by atoms with Crippen molar-refractivity contribution in [1.82, 2.24) is 0 Å². The topological polar surface area (TPSA) is 0 Å². The molecule has 0 aromatic rings. The molecule has 0 bridgehead atoms. The van der Waals surface area contributed by atoms with E-state index in [1.54, 1.807) is 0 Å². The summed E-state index contributed by atoms with van der Waals surface area (Å²) >= 11 is 0. The molecule has 7 unspecified atom stereocenters. The fraction of sp³-hybridized carbons (Fsp3) is 0.879. The van der Waals surface area contributed by atoms with Crippen molar-refractivity contribution in [1.29, 1.82) is 0 Å². The van der Waals surface area contributed by atoms with Gasteiger partial charge in [-0.2, -0.15) is 0 Å². The summed E-state index contributed by atoms with van der Waals surface area (Å²) < 4.78 is 0. The van der Waals surface area contributed by atoms with Crippen LogP contribution in [0.15, 0.2) is 22.8 Å². The van der Waals surface area contributed by atoms with Crippen molar-refractivity contribution in [2.75, 3.05) is 0 Å². The highest BCUT2D eigenvalue weighted by atomic mass is 14.7. The van der Waals surface area contributed by atoms with Gasteiger partial charge in [0.15, 0.2) is 0 Å². The van der Waals surface area contributed by atoms with Crippen LogP contribution in [0.25, 0.3) is 0 Å². The van der Waals surface area contributed by atoms with E-state index in [0.717, 1.165) is 23.7 Å². The van der Waals surface area contributed by atoms with Crippen LogP contribution in [0, 0.1) is 45.3 Å². The van der Waals surface area contributed by atoms with E-state index in [0.29, 0.717) is 21.7 Å². The maximum absolute atomic E-state index is 2.72. The third-order valence-corrected chi connectivity index (χ3v) is 12.2. The van der Waals surface area contributed by atoms with Crippen LogP contribution in [-0.2, 0) is 0 Å². The first kappa shape index (κ1) is 27.1. The van der Waals surface area contributed by atoms with Gasteiger partial charge in [0.05, 0.1) is 0 Å². The first-order chi connectivity index (χ1) is 15.4. The highest BCUT2D eigenvalue weighted by Crippen LogP contribution is 2.72. The molecule has 0 aromatic carbocycles. The molecule has 4 aliphatic rings. The molecule has 0 spiro atoms. The molecule has 0 N–H and O–H groups in total. The molecular formula is C33H58. The van der Waals surface area contributed by atoms with E-state index in [4.69, 9.17) is 0 Å². The Balaban J connectivity index is 0.00000149. The Morgan fingerprint density at radius 1 is 0.909 bits per heavy atom. The third kappa shape index (κ3) is 4.12. The standard InChI is InChI=1S/C31H52.C2H6/c1-21(2)11-10-12-22(3)24-16-19-31(9)26-13-14-27-28(5,6)23(4)15-18-29(27,7)25(26)17-20-30(24,31)8;1-2/h11,22-24,27H,10,12-20H2,1-9H3;1-2H3. The first-order valence-electron chi connectivity index (χ1n) is 14.7. The lowest BCUT2D eigenvalue weighted by molar-refractivity contribution is -0.0482. The molecule has 33 heavy (non-hydrogen) atoms. The van der Waals surface area contributed by atoms with Crippen molar-refractivity contribution in [3.8, 4) is 0 Å². The molecule has 2 saturated carbocycles. The van der Waals surface area contributed by atoms with Gasteiger partial charge in [-0.1, -0.05) is 85.1 Å². The Morgan fingerprint density at radius 2 is 1.58 bits per heavy atom. The summed E-state index contributed by atoms with van der Waals surface area (Å²) in [7, 11) is 0.